The van der Waals surface area contributed by atoms with Crippen molar-refractivity contribution in [2.24, 2.45) is 5.92 Å². The van der Waals surface area contributed by atoms with E-state index < -0.39 is 24.1 Å². The van der Waals surface area contributed by atoms with Gasteiger partial charge in [-0.1, -0.05) is 31.5 Å². The van der Waals surface area contributed by atoms with Crippen molar-refractivity contribution in [2.45, 2.75) is 45.1 Å². The summed E-state index contributed by atoms with van der Waals surface area (Å²) in [4.78, 5) is 22.0. The SMILES string of the molecule is CC(C)CN(Cc1ccc(F)cc1Cl)[C@@H]1CCNC1.O=C(O)C(O)C(O)C(=O)O. The third kappa shape index (κ3) is 8.63. The number of carboxylic acids is 2. The summed E-state index contributed by atoms with van der Waals surface area (Å²) in [5, 5.41) is 36.5. The van der Waals surface area contributed by atoms with Crippen LogP contribution in [0, 0.1) is 11.7 Å². The van der Waals surface area contributed by atoms with Crippen LogP contribution in [0.4, 0.5) is 4.39 Å². The van der Waals surface area contributed by atoms with Gasteiger partial charge in [-0.25, -0.2) is 14.0 Å². The number of benzene rings is 1. The maximum absolute atomic E-state index is 13.1. The predicted molar refractivity (Wildman–Crippen MR) is 105 cm³/mol. The van der Waals surface area contributed by atoms with Crippen LogP contribution in [-0.4, -0.2) is 75.1 Å². The molecule has 29 heavy (non-hydrogen) atoms. The van der Waals surface area contributed by atoms with Crippen LogP contribution in [0.25, 0.3) is 0 Å². The van der Waals surface area contributed by atoms with E-state index in [2.05, 4.69) is 24.1 Å². The monoisotopic (exact) mass is 434 g/mol. The highest BCUT2D eigenvalue weighted by molar-refractivity contribution is 6.31. The Kier molecular flexibility index (Phi) is 10.5. The molecule has 1 saturated heterocycles. The van der Waals surface area contributed by atoms with Gasteiger partial charge in [-0.2, -0.15) is 0 Å². The summed E-state index contributed by atoms with van der Waals surface area (Å²) in [6.45, 7) is 8.40. The summed E-state index contributed by atoms with van der Waals surface area (Å²) in [5.41, 5.74) is 1.01. The molecular weight excluding hydrogens is 407 g/mol. The van der Waals surface area contributed by atoms with Crippen LogP contribution < -0.4 is 5.32 Å². The van der Waals surface area contributed by atoms with Crippen molar-refractivity contribution in [3.8, 4) is 0 Å². The predicted octanol–water partition coefficient (Wildman–Crippen LogP) is 1.18. The van der Waals surface area contributed by atoms with E-state index in [1.54, 1.807) is 6.07 Å². The molecule has 8 nitrogen and oxygen atoms in total. The lowest BCUT2D eigenvalue weighted by Gasteiger charge is -2.30. The van der Waals surface area contributed by atoms with Gasteiger partial charge in [-0.3, -0.25) is 4.90 Å². The van der Waals surface area contributed by atoms with Crippen LogP contribution in [0.1, 0.15) is 25.8 Å². The fourth-order valence-corrected chi connectivity index (χ4v) is 3.13. The minimum Gasteiger partial charge on any atom is -0.479 e. The molecule has 3 atom stereocenters. The summed E-state index contributed by atoms with van der Waals surface area (Å²) in [5.74, 6) is -3.20. The Labute approximate surface area is 173 Å². The van der Waals surface area contributed by atoms with Gasteiger partial charge in [0.05, 0.1) is 0 Å². The molecule has 5 N–H and O–H groups in total. The largest absolute Gasteiger partial charge is 0.479 e. The number of nitrogens with zero attached hydrogens (tertiary/aromatic N) is 1. The molecular formula is C19H28ClFN2O6. The molecule has 1 aliphatic heterocycles. The molecule has 0 amide bonds. The van der Waals surface area contributed by atoms with E-state index >= 15 is 0 Å². The van der Waals surface area contributed by atoms with Crippen molar-refractivity contribution in [3.63, 3.8) is 0 Å². The van der Waals surface area contributed by atoms with Gasteiger partial charge in [0, 0.05) is 30.7 Å². The van der Waals surface area contributed by atoms with Crippen molar-refractivity contribution >= 4 is 23.5 Å². The van der Waals surface area contributed by atoms with Gasteiger partial charge in [-0.15, -0.1) is 0 Å². The molecule has 1 aromatic carbocycles. The van der Waals surface area contributed by atoms with Gasteiger partial charge < -0.3 is 25.7 Å². The van der Waals surface area contributed by atoms with Crippen molar-refractivity contribution in [1.82, 2.24) is 10.2 Å². The zero-order valence-corrected chi connectivity index (χ0v) is 17.1. The van der Waals surface area contributed by atoms with Crippen molar-refractivity contribution in [2.75, 3.05) is 19.6 Å². The topological polar surface area (TPSA) is 130 Å². The molecule has 0 bridgehead atoms. The zero-order chi connectivity index (χ0) is 22.1. The van der Waals surface area contributed by atoms with Gasteiger partial charge in [0.2, 0.25) is 0 Å². The summed E-state index contributed by atoms with van der Waals surface area (Å²) in [6, 6.07) is 5.25. The number of aliphatic carboxylic acids is 2. The first-order chi connectivity index (χ1) is 13.5. The minimum atomic E-state index is -2.27. The molecule has 0 saturated carbocycles. The minimum absolute atomic E-state index is 0.272. The Bertz CT molecular complexity index is 667. The molecule has 0 spiro atoms. The normalized spacial score (nSPS) is 18.3. The molecule has 0 radical (unpaired) electrons. The first-order valence-corrected chi connectivity index (χ1v) is 9.61. The van der Waals surface area contributed by atoms with Crippen molar-refractivity contribution < 1.29 is 34.4 Å². The summed E-state index contributed by atoms with van der Waals surface area (Å²) in [6.07, 6.45) is -3.36. The van der Waals surface area contributed by atoms with Gasteiger partial charge in [-0.05, 0) is 36.6 Å². The molecule has 10 heteroatoms. The smallest absolute Gasteiger partial charge is 0.335 e. The Balaban J connectivity index is 0.000000359. The molecule has 0 aromatic heterocycles. The van der Waals surface area contributed by atoms with E-state index in [-0.39, 0.29) is 5.82 Å². The first-order valence-electron chi connectivity index (χ1n) is 9.23. The Hall–Kier alpha value is -1.78. The van der Waals surface area contributed by atoms with E-state index in [1.807, 2.05) is 0 Å². The second-order valence-electron chi connectivity index (χ2n) is 7.27. The summed E-state index contributed by atoms with van der Waals surface area (Å²) < 4.78 is 13.1. The second kappa shape index (κ2) is 12.0. The summed E-state index contributed by atoms with van der Waals surface area (Å²) >= 11 is 6.13. The average Bonchev–Trinajstić information content (AvgIpc) is 3.16. The number of carbonyl (C=O) groups is 2. The number of halogens is 2. The van der Waals surface area contributed by atoms with E-state index in [0.717, 1.165) is 31.7 Å². The van der Waals surface area contributed by atoms with Crippen LogP contribution in [0.15, 0.2) is 18.2 Å². The van der Waals surface area contributed by atoms with E-state index in [0.29, 0.717) is 17.0 Å². The number of aliphatic hydroxyl groups excluding tert-OH is 2. The molecule has 164 valence electrons. The van der Waals surface area contributed by atoms with Crippen LogP contribution in [0.2, 0.25) is 5.02 Å². The fourth-order valence-electron chi connectivity index (χ4n) is 2.90. The lowest BCUT2D eigenvalue weighted by Crippen LogP contribution is -2.39. The Morgan fingerprint density at radius 3 is 2.24 bits per heavy atom. The zero-order valence-electron chi connectivity index (χ0n) is 16.4. The average molecular weight is 435 g/mol. The quantitative estimate of drug-likeness (QED) is 0.412. The highest BCUT2D eigenvalue weighted by Crippen LogP contribution is 2.22. The Morgan fingerprint density at radius 2 is 1.83 bits per heavy atom. The Morgan fingerprint density at radius 1 is 1.24 bits per heavy atom. The maximum Gasteiger partial charge on any atom is 0.335 e. The van der Waals surface area contributed by atoms with Gasteiger partial charge >= 0.3 is 11.9 Å². The lowest BCUT2D eigenvalue weighted by atomic mass is 10.1. The van der Waals surface area contributed by atoms with E-state index in [4.69, 9.17) is 32.0 Å². The number of hydrogen-bond acceptors (Lipinski definition) is 6. The maximum atomic E-state index is 13.1. The number of nitrogens with one attached hydrogen (secondary N) is 1. The molecule has 2 unspecified atom stereocenters. The van der Waals surface area contributed by atoms with Gasteiger partial charge in [0.25, 0.3) is 0 Å². The van der Waals surface area contributed by atoms with E-state index in [9.17, 15) is 14.0 Å². The van der Waals surface area contributed by atoms with Gasteiger partial charge in [0.15, 0.2) is 12.2 Å². The highest BCUT2D eigenvalue weighted by atomic mass is 35.5. The fraction of sp³-hybridized carbons (Fsp3) is 0.579. The standard InChI is InChI=1S/C15H22ClFN2.C4H6O6/c1-11(2)9-19(14-5-6-18-8-14)10-12-3-4-13(17)7-15(12)16;5-1(3(7)8)2(6)4(9)10/h3-4,7,11,14,18H,5-6,8-10H2,1-2H3;1-2,5-6H,(H,7,8)(H,9,10)/t14-;/m1./s1. The molecule has 1 aromatic rings. The van der Waals surface area contributed by atoms with Crippen molar-refractivity contribution in [1.29, 1.82) is 0 Å². The van der Waals surface area contributed by atoms with Crippen LogP contribution in [-0.2, 0) is 16.1 Å². The number of rotatable bonds is 8. The highest BCUT2D eigenvalue weighted by Gasteiger charge is 2.29. The van der Waals surface area contributed by atoms with E-state index in [1.165, 1.54) is 18.6 Å². The van der Waals surface area contributed by atoms with Crippen LogP contribution in [0.3, 0.4) is 0 Å². The number of aliphatic hydroxyl groups is 2. The first kappa shape index (κ1) is 25.3. The molecule has 1 fully saturated rings. The molecule has 2 rings (SSSR count). The van der Waals surface area contributed by atoms with Gasteiger partial charge in [0.1, 0.15) is 5.82 Å². The number of carboxylic acid groups (broad SMARTS) is 2. The van der Waals surface area contributed by atoms with Crippen LogP contribution >= 0.6 is 11.6 Å². The van der Waals surface area contributed by atoms with Crippen LogP contribution in [0.5, 0.6) is 0 Å². The molecule has 0 aliphatic carbocycles. The molecule has 1 heterocycles. The lowest BCUT2D eigenvalue weighted by molar-refractivity contribution is -0.165. The van der Waals surface area contributed by atoms with Crippen molar-refractivity contribution in [3.05, 3.63) is 34.6 Å². The summed E-state index contributed by atoms with van der Waals surface area (Å²) in [7, 11) is 0. The molecule has 1 aliphatic rings. The second-order valence-corrected chi connectivity index (χ2v) is 7.68. The third-order valence-corrected chi connectivity index (χ3v) is 4.70. The third-order valence-electron chi connectivity index (χ3n) is 4.34. The number of hydrogen-bond donors (Lipinski definition) is 5.